The molecule has 10 aromatic carbocycles. The van der Waals surface area contributed by atoms with E-state index in [1.807, 2.05) is 0 Å². The standard InChI is InChI=1S/C50H30O/c1-3-16-33-31(13-1)15-11-24-38(33)47-40-20-7-9-22-42(40)48(43-23-10-8-21-41(43)47)44-29-28-37(35-18-5-6-19-36(35)44)39-25-12-26-45-50(39)49-34-17-4-2-14-32(34)27-30-46(49)51-45/h1-30H/i1D,2D,3D,4D,5D,6D,7D,8D,9D,10D,11D,12D,13D,14D,15D,16D,17D,18D,19D,20D,21D,22D,23D,24D,25D,26D,27D,28D,29D,30D. The largest absolute Gasteiger partial charge is 0.456 e. The summed E-state index contributed by atoms with van der Waals surface area (Å²) in [6.07, 6.45) is 0. The molecule has 236 valence electrons. The Morgan fingerprint density at radius 1 is 0.275 bits per heavy atom. The first-order valence-electron chi connectivity index (χ1n) is 30.2. The van der Waals surface area contributed by atoms with Gasteiger partial charge in [-0.2, -0.15) is 0 Å². The van der Waals surface area contributed by atoms with Gasteiger partial charge in [0.25, 0.3) is 0 Å². The number of hydrogen-bond acceptors (Lipinski definition) is 1. The molecule has 1 heteroatoms. The van der Waals surface area contributed by atoms with Crippen LogP contribution in [0.3, 0.4) is 0 Å². The Hall–Kier alpha value is -6.70. The Labute approximate surface area is 336 Å². The van der Waals surface area contributed by atoms with Gasteiger partial charge < -0.3 is 4.42 Å². The highest BCUT2D eigenvalue weighted by molar-refractivity contribution is 6.27. The molecule has 0 saturated carbocycles. The fourth-order valence-electron chi connectivity index (χ4n) is 6.64. The molecule has 1 nitrogen and oxygen atoms in total. The van der Waals surface area contributed by atoms with E-state index in [0.717, 1.165) is 0 Å². The number of hydrogen-bond donors (Lipinski definition) is 0. The third-order valence-corrected chi connectivity index (χ3v) is 8.70. The highest BCUT2D eigenvalue weighted by Gasteiger charge is 2.21. The van der Waals surface area contributed by atoms with E-state index >= 15 is 0 Å². The number of benzene rings is 10. The third-order valence-electron chi connectivity index (χ3n) is 8.70. The second-order valence-corrected chi connectivity index (χ2v) is 11.3. The first-order valence-corrected chi connectivity index (χ1v) is 15.2. The summed E-state index contributed by atoms with van der Waals surface area (Å²) >= 11 is 0. The van der Waals surface area contributed by atoms with Crippen molar-refractivity contribution in [1.82, 2.24) is 0 Å². The minimum Gasteiger partial charge on any atom is -0.456 e. The normalized spacial score (nSPS) is 20.2. The van der Waals surface area contributed by atoms with Crippen LogP contribution in [0.4, 0.5) is 0 Å². The zero-order valence-corrected chi connectivity index (χ0v) is 25.4. The topological polar surface area (TPSA) is 13.1 Å². The highest BCUT2D eigenvalue weighted by atomic mass is 16.3. The third kappa shape index (κ3) is 4.09. The van der Waals surface area contributed by atoms with Crippen LogP contribution in [0.1, 0.15) is 41.1 Å². The molecular formula is C50H30O. The van der Waals surface area contributed by atoms with Gasteiger partial charge >= 0.3 is 0 Å². The van der Waals surface area contributed by atoms with E-state index in [4.69, 9.17) is 31.8 Å². The predicted molar refractivity (Wildman–Crippen MR) is 218 cm³/mol. The quantitative estimate of drug-likeness (QED) is 0.170. The van der Waals surface area contributed by atoms with Gasteiger partial charge in [0.15, 0.2) is 0 Å². The average molecular weight is 677 g/mol. The fourth-order valence-corrected chi connectivity index (χ4v) is 6.64. The molecule has 0 N–H and O–H groups in total. The molecule has 0 unspecified atom stereocenters. The molecule has 0 aliphatic rings. The Balaban J connectivity index is 1.48. The van der Waals surface area contributed by atoms with Gasteiger partial charge in [-0.3, -0.25) is 0 Å². The number of fused-ring (bicyclic) bond motifs is 9. The number of rotatable bonds is 3. The van der Waals surface area contributed by atoms with Crippen LogP contribution in [0, 0.1) is 0 Å². The van der Waals surface area contributed by atoms with Gasteiger partial charge in [0.05, 0.1) is 41.1 Å². The van der Waals surface area contributed by atoms with Crippen molar-refractivity contribution in [2.75, 3.05) is 0 Å². The molecule has 0 bridgehead atoms. The van der Waals surface area contributed by atoms with E-state index in [1.165, 1.54) is 0 Å². The van der Waals surface area contributed by atoms with Crippen LogP contribution in [-0.4, -0.2) is 0 Å². The molecule has 11 rings (SSSR count). The molecule has 0 aliphatic carbocycles. The lowest BCUT2D eigenvalue weighted by Gasteiger charge is -2.20. The highest BCUT2D eigenvalue weighted by Crippen LogP contribution is 2.48. The maximum atomic E-state index is 10.1. The van der Waals surface area contributed by atoms with E-state index in [9.17, 15) is 13.7 Å². The summed E-state index contributed by atoms with van der Waals surface area (Å²) in [5.74, 6) is 0. The zero-order valence-electron chi connectivity index (χ0n) is 55.4. The summed E-state index contributed by atoms with van der Waals surface area (Å²) in [4.78, 5) is 0. The summed E-state index contributed by atoms with van der Waals surface area (Å²) in [7, 11) is 0. The van der Waals surface area contributed by atoms with Crippen LogP contribution >= 0.6 is 0 Å². The Morgan fingerprint density at radius 3 is 1.37 bits per heavy atom. The van der Waals surface area contributed by atoms with E-state index in [0.29, 0.717) is 0 Å². The summed E-state index contributed by atoms with van der Waals surface area (Å²) < 4.78 is 280. The Bertz CT molecular complexity index is 4840. The van der Waals surface area contributed by atoms with Crippen LogP contribution in [0.2, 0.25) is 0 Å². The van der Waals surface area contributed by atoms with Crippen molar-refractivity contribution in [2.45, 2.75) is 0 Å². The van der Waals surface area contributed by atoms with Gasteiger partial charge in [-0.1, -0.05) is 169 Å². The van der Waals surface area contributed by atoms with Gasteiger partial charge in [-0.15, -0.1) is 0 Å². The van der Waals surface area contributed by atoms with Gasteiger partial charge in [0.2, 0.25) is 0 Å². The smallest absolute Gasteiger partial charge is 0.136 e. The Kier molecular flexibility index (Phi) is 2.50. The molecule has 11 aromatic rings. The summed E-state index contributed by atoms with van der Waals surface area (Å²) in [5.41, 5.74) is -6.03. The molecule has 1 aromatic heterocycles. The van der Waals surface area contributed by atoms with Gasteiger partial charge in [-0.05, 0) is 99.3 Å². The molecule has 0 atom stereocenters. The van der Waals surface area contributed by atoms with Crippen molar-refractivity contribution in [3.05, 3.63) is 181 Å². The van der Waals surface area contributed by atoms with Crippen molar-refractivity contribution >= 4 is 75.8 Å². The molecule has 1 heterocycles. The van der Waals surface area contributed by atoms with Crippen LogP contribution in [0.15, 0.2) is 186 Å². The van der Waals surface area contributed by atoms with Crippen LogP contribution in [-0.2, 0) is 0 Å². The number of furan rings is 1. The maximum Gasteiger partial charge on any atom is 0.136 e. The minimum absolute atomic E-state index is 0.464. The molecule has 0 radical (unpaired) electrons. The van der Waals surface area contributed by atoms with Crippen molar-refractivity contribution in [3.63, 3.8) is 0 Å². The fraction of sp³-hybridized carbons (Fsp3) is 0. The molecule has 0 spiro atoms. The maximum absolute atomic E-state index is 10.1. The lowest BCUT2D eigenvalue weighted by molar-refractivity contribution is 0.669. The lowest BCUT2D eigenvalue weighted by atomic mass is 9.83. The summed E-state index contributed by atoms with van der Waals surface area (Å²) in [6, 6.07) is -29.1. The molecule has 0 aliphatic heterocycles. The average Bonchev–Trinajstić information content (AvgIpc) is 2.49. The van der Waals surface area contributed by atoms with Crippen molar-refractivity contribution in [3.8, 4) is 33.4 Å². The van der Waals surface area contributed by atoms with Crippen LogP contribution < -0.4 is 0 Å². The van der Waals surface area contributed by atoms with Crippen molar-refractivity contribution in [2.24, 2.45) is 0 Å². The SMILES string of the molecule is [2H]c1c([2H])c(-c2c([2H])c([2H])c(-c3c4c([2H])c([2H])c([2H])c([2H])c4c(-c4c([2H])c([2H])c([2H])c5c([2H])c([2H])c([2H])c([2H])c45)c4c([2H])c([2H])c([2H])c([2H])c34)c3c([2H])c([2H])c([2H])c([2H])c23)c2c(oc3c([2H])c([2H])c4c([2H])c([2H])c([2H])c([2H])c4c32)c1[2H]. The van der Waals surface area contributed by atoms with Gasteiger partial charge in [0, 0.05) is 10.8 Å². The molecular weight excluding hydrogens is 617 g/mol. The van der Waals surface area contributed by atoms with Crippen molar-refractivity contribution in [1.29, 1.82) is 0 Å². The molecule has 0 fully saturated rings. The van der Waals surface area contributed by atoms with Crippen LogP contribution in [0.5, 0.6) is 0 Å². The second-order valence-electron chi connectivity index (χ2n) is 11.3. The first-order chi connectivity index (χ1) is 37.8. The van der Waals surface area contributed by atoms with Gasteiger partial charge in [-0.25, -0.2) is 0 Å². The second kappa shape index (κ2) is 10.9. The van der Waals surface area contributed by atoms with E-state index in [1.54, 1.807) is 0 Å². The van der Waals surface area contributed by atoms with Crippen LogP contribution in [0.25, 0.3) is 109 Å². The van der Waals surface area contributed by atoms with E-state index in [-0.39, 0.29) is 0 Å². The minimum atomic E-state index is -1.16. The molecule has 0 amide bonds. The summed E-state index contributed by atoms with van der Waals surface area (Å²) in [5, 5.41) is -8.24. The molecule has 0 saturated heterocycles. The predicted octanol–water partition coefficient (Wildman–Crippen LogP) is 14.4. The van der Waals surface area contributed by atoms with E-state index < -0.39 is 290 Å². The first kappa shape index (κ1) is 11.7. The zero-order chi connectivity index (χ0) is 59.6. The van der Waals surface area contributed by atoms with Crippen molar-refractivity contribution < 1.29 is 45.5 Å². The molecule has 51 heavy (non-hydrogen) atoms. The van der Waals surface area contributed by atoms with Gasteiger partial charge in [0.1, 0.15) is 11.2 Å². The lowest BCUT2D eigenvalue weighted by Crippen LogP contribution is -1.93. The van der Waals surface area contributed by atoms with E-state index in [2.05, 4.69) is 0 Å². The Morgan fingerprint density at radius 2 is 0.706 bits per heavy atom. The summed E-state index contributed by atoms with van der Waals surface area (Å²) in [6.45, 7) is 0. The monoisotopic (exact) mass is 676 g/mol.